The quantitative estimate of drug-likeness (QED) is 0.538. The van der Waals surface area contributed by atoms with Crippen molar-refractivity contribution in [2.45, 2.75) is 19.8 Å². The standard InChI is InChI=1S/C9H9ClFI/c1-5(2)6-3-7(10)9(11)8(12)4-6/h3-5H,1-2H3. The van der Waals surface area contributed by atoms with Gasteiger partial charge in [-0.05, 0) is 46.2 Å². The predicted octanol–water partition coefficient (Wildman–Crippen LogP) is 4.21. The Balaban J connectivity index is 3.21. The average Bonchev–Trinajstić information content (AvgIpc) is 1.99. The van der Waals surface area contributed by atoms with Gasteiger partial charge in [0.2, 0.25) is 0 Å². The molecular formula is C9H9ClFI. The van der Waals surface area contributed by atoms with Crippen molar-refractivity contribution in [1.82, 2.24) is 0 Å². The third-order valence-corrected chi connectivity index (χ3v) is 2.73. The molecule has 0 amide bonds. The van der Waals surface area contributed by atoms with Gasteiger partial charge in [-0.1, -0.05) is 25.4 Å². The summed E-state index contributed by atoms with van der Waals surface area (Å²) in [6.07, 6.45) is 0. The van der Waals surface area contributed by atoms with Gasteiger partial charge in [0.1, 0.15) is 0 Å². The van der Waals surface area contributed by atoms with Crippen LogP contribution in [0.3, 0.4) is 0 Å². The summed E-state index contributed by atoms with van der Waals surface area (Å²) in [5, 5.41) is 0.214. The molecule has 1 aromatic rings. The molecular weight excluding hydrogens is 289 g/mol. The van der Waals surface area contributed by atoms with Gasteiger partial charge in [0, 0.05) is 0 Å². The Labute approximate surface area is 90.3 Å². The molecule has 0 nitrogen and oxygen atoms in total. The van der Waals surface area contributed by atoms with Crippen LogP contribution in [0.25, 0.3) is 0 Å². The first-order chi connectivity index (χ1) is 5.52. The fourth-order valence-corrected chi connectivity index (χ4v) is 1.95. The van der Waals surface area contributed by atoms with Crippen molar-refractivity contribution < 1.29 is 4.39 Å². The van der Waals surface area contributed by atoms with E-state index in [4.69, 9.17) is 11.6 Å². The third-order valence-electron chi connectivity index (χ3n) is 1.67. The van der Waals surface area contributed by atoms with E-state index in [1.165, 1.54) is 0 Å². The van der Waals surface area contributed by atoms with Crippen LogP contribution in [-0.4, -0.2) is 0 Å². The fraction of sp³-hybridized carbons (Fsp3) is 0.333. The number of halogens is 3. The lowest BCUT2D eigenvalue weighted by Gasteiger charge is -2.07. The summed E-state index contributed by atoms with van der Waals surface area (Å²) in [5.41, 5.74) is 1.07. The molecule has 0 aliphatic carbocycles. The van der Waals surface area contributed by atoms with E-state index in [9.17, 15) is 4.39 Å². The molecule has 0 aliphatic rings. The van der Waals surface area contributed by atoms with Crippen LogP contribution in [-0.2, 0) is 0 Å². The first-order valence-electron chi connectivity index (χ1n) is 3.67. The second-order valence-corrected chi connectivity index (χ2v) is 4.52. The number of hydrogen-bond acceptors (Lipinski definition) is 0. The zero-order valence-corrected chi connectivity index (χ0v) is 9.78. The van der Waals surface area contributed by atoms with E-state index in [0.717, 1.165) is 5.56 Å². The molecule has 1 rings (SSSR count). The summed E-state index contributed by atoms with van der Waals surface area (Å²) in [6, 6.07) is 3.51. The maximum absolute atomic E-state index is 13.0. The topological polar surface area (TPSA) is 0 Å². The summed E-state index contributed by atoms with van der Waals surface area (Å²) in [6.45, 7) is 4.11. The smallest absolute Gasteiger partial charge is 0.155 e. The first kappa shape index (κ1) is 10.3. The molecule has 0 bridgehead atoms. The van der Waals surface area contributed by atoms with Crippen LogP contribution in [0.4, 0.5) is 4.39 Å². The molecule has 0 radical (unpaired) electrons. The zero-order chi connectivity index (χ0) is 9.30. The minimum Gasteiger partial charge on any atom is -0.204 e. The summed E-state index contributed by atoms with van der Waals surface area (Å²) in [5.74, 6) is 0.0679. The largest absolute Gasteiger partial charge is 0.204 e. The van der Waals surface area contributed by atoms with E-state index in [-0.39, 0.29) is 10.8 Å². The number of rotatable bonds is 1. The molecule has 0 saturated heterocycles. The molecule has 0 aliphatic heterocycles. The fourth-order valence-electron chi connectivity index (χ4n) is 0.908. The van der Waals surface area contributed by atoms with Gasteiger partial charge < -0.3 is 0 Å². The molecule has 1 aromatic carbocycles. The van der Waals surface area contributed by atoms with Crippen molar-refractivity contribution in [3.8, 4) is 0 Å². The minimum atomic E-state index is -0.318. The summed E-state index contributed by atoms with van der Waals surface area (Å²) in [4.78, 5) is 0. The molecule has 0 fully saturated rings. The Kier molecular flexibility index (Phi) is 3.35. The highest BCUT2D eigenvalue weighted by atomic mass is 127. The molecule has 0 atom stereocenters. The van der Waals surface area contributed by atoms with Gasteiger partial charge in [-0.25, -0.2) is 4.39 Å². The Morgan fingerprint density at radius 3 is 2.42 bits per heavy atom. The van der Waals surface area contributed by atoms with Crippen LogP contribution in [0.15, 0.2) is 12.1 Å². The lowest BCUT2D eigenvalue weighted by atomic mass is 10.0. The van der Waals surface area contributed by atoms with Gasteiger partial charge in [0.05, 0.1) is 8.59 Å². The van der Waals surface area contributed by atoms with Gasteiger partial charge in [0.15, 0.2) is 5.82 Å². The molecule has 66 valence electrons. The van der Waals surface area contributed by atoms with Crippen LogP contribution >= 0.6 is 34.2 Å². The Morgan fingerprint density at radius 1 is 1.42 bits per heavy atom. The van der Waals surface area contributed by atoms with E-state index in [0.29, 0.717) is 9.49 Å². The van der Waals surface area contributed by atoms with Crippen molar-refractivity contribution in [1.29, 1.82) is 0 Å². The molecule has 12 heavy (non-hydrogen) atoms. The van der Waals surface area contributed by atoms with Gasteiger partial charge >= 0.3 is 0 Å². The SMILES string of the molecule is CC(C)c1cc(Cl)c(F)c(I)c1. The van der Waals surface area contributed by atoms with E-state index in [1.807, 2.05) is 28.7 Å². The van der Waals surface area contributed by atoms with Crippen molar-refractivity contribution in [3.05, 3.63) is 32.1 Å². The van der Waals surface area contributed by atoms with Crippen molar-refractivity contribution >= 4 is 34.2 Å². The zero-order valence-electron chi connectivity index (χ0n) is 6.87. The molecule has 0 heterocycles. The van der Waals surface area contributed by atoms with Gasteiger partial charge in [-0.15, -0.1) is 0 Å². The third kappa shape index (κ3) is 2.10. The first-order valence-corrected chi connectivity index (χ1v) is 5.12. The van der Waals surface area contributed by atoms with Gasteiger partial charge in [0.25, 0.3) is 0 Å². The highest BCUT2D eigenvalue weighted by molar-refractivity contribution is 14.1. The average molecular weight is 299 g/mol. The minimum absolute atomic E-state index is 0.214. The summed E-state index contributed by atoms with van der Waals surface area (Å²) >= 11 is 7.63. The van der Waals surface area contributed by atoms with Gasteiger partial charge in [-0.2, -0.15) is 0 Å². The molecule has 0 N–H and O–H groups in total. The molecule has 0 spiro atoms. The number of benzene rings is 1. The molecule has 0 aromatic heterocycles. The van der Waals surface area contributed by atoms with Crippen LogP contribution in [0.2, 0.25) is 5.02 Å². The van der Waals surface area contributed by atoms with Crippen LogP contribution in [0, 0.1) is 9.39 Å². The molecule has 0 unspecified atom stereocenters. The van der Waals surface area contributed by atoms with Crippen LogP contribution in [0.5, 0.6) is 0 Å². The van der Waals surface area contributed by atoms with E-state index >= 15 is 0 Å². The second-order valence-electron chi connectivity index (χ2n) is 2.95. The Hall–Kier alpha value is 0.170. The number of hydrogen-bond donors (Lipinski definition) is 0. The Bertz CT molecular complexity index is 274. The second kappa shape index (κ2) is 3.92. The van der Waals surface area contributed by atoms with Crippen LogP contribution < -0.4 is 0 Å². The normalized spacial score (nSPS) is 10.8. The van der Waals surface area contributed by atoms with Gasteiger partial charge in [-0.3, -0.25) is 0 Å². The van der Waals surface area contributed by atoms with Crippen molar-refractivity contribution in [2.75, 3.05) is 0 Å². The monoisotopic (exact) mass is 298 g/mol. The van der Waals surface area contributed by atoms with E-state index < -0.39 is 0 Å². The molecule has 0 saturated carbocycles. The highest BCUT2D eigenvalue weighted by Crippen LogP contribution is 2.25. The van der Waals surface area contributed by atoms with Crippen LogP contribution in [0.1, 0.15) is 25.3 Å². The van der Waals surface area contributed by atoms with Crippen molar-refractivity contribution in [2.24, 2.45) is 0 Å². The van der Waals surface area contributed by atoms with Crippen molar-refractivity contribution in [3.63, 3.8) is 0 Å². The Morgan fingerprint density at radius 2 is 2.00 bits per heavy atom. The summed E-state index contributed by atoms with van der Waals surface area (Å²) in [7, 11) is 0. The molecule has 3 heteroatoms. The lowest BCUT2D eigenvalue weighted by molar-refractivity contribution is 0.619. The lowest BCUT2D eigenvalue weighted by Crippen LogP contribution is -1.91. The predicted molar refractivity (Wildman–Crippen MR) is 58.2 cm³/mol. The summed E-state index contributed by atoms with van der Waals surface area (Å²) < 4.78 is 13.6. The maximum Gasteiger partial charge on any atom is 0.155 e. The van der Waals surface area contributed by atoms with E-state index in [2.05, 4.69) is 13.8 Å². The maximum atomic E-state index is 13.0. The highest BCUT2D eigenvalue weighted by Gasteiger charge is 2.08. The van der Waals surface area contributed by atoms with E-state index in [1.54, 1.807) is 6.07 Å².